The lowest BCUT2D eigenvalue weighted by atomic mass is 10.0. The first kappa shape index (κ1) is 13.4. The quantitative estimate of drug-likeness (QED) is 0.912. The SMILES string of the molecule is CCNC1CCCN(c2ccc(C)cc2Cl)C1=O. The Bertz CT molecular complexity index is 445. The summed E-state index contributed by atoms with van der Waals surface area (Å²) in [6.45, 7) is 5.58. The minimum absolute atomic E-state index is 0.0684. The number of hydrogen-bond acceptors (Lipinski definition) is 2. The number of nitrogens with zero attached hydrogens (tertiary/aromatic N) is 1. The standard InChI is InChI=1S/C14H19ClN2O/c1-3-16-12-5-4-8-17(14(12)18)13-7-6-10(2)9-11(13)15/h6-7,9,12,16H,3-5,8H2,1-2H3. The smallest absolute Gasteiger partial charge is 0.244 e. The van der Waals surface area contributed by atoms with E-state index in [0.717, 1.165) is 37.2 Å². The van der Waals surface area contributed by atoms with E-state index in [4.69, 9.17) is 11.6 Å². The topological polar surface area (TPSA) is 32.3 Å². The molecular formula is C14H19ClN2O. The Morgan fingerprint density at radius 3 is 2.94 bits per heavy atom. The molecule has 0 radical (unpaired) electrons. The van der Waals surface area contributed by atoms with E-state index in [1.807, 2.05) is 32.0 Å². The zero-order valence-electron chi connectivity index (χ0n) is 10.9. The molecule has 3 nitrogen and oxygen atoms in total. The van der Waals surface area contributed by atoms with Gasteiger partial charge in [-0.25, -0.2) is 0 Å². The van der Waals surface area contributed by atoms with E-state index < -0.39 is 0 Å². The number of likely N-dealkylation sites (N-methyl/N-ethyl adjacent to an activating group) is 1. The molecule has 1 aromatic rings. The van der Waals surface area contributed by atoms with Gasteiger partial charge in [0, 0.05) is 6.54 Å². The number of rotatable bonds is 3. The maximum Gasteiger partial charge on any atom is 0.244 e. The average Bonchev–Trinajstić information content (AvgIpc) is 2.33. The summed E-state index contributed by atoms with van der Waals surface area (Å²) in [4.78, 5) is 14.2. The molecule has 1 atom stereocenters. The Balaban J connectivity index is 2.24. The normalized spacial score (nSPS) is 20.3. The summed E-state index contributed by atoms with van der Waals surface area (Å²) >= 11 is 6.24. The molecule has 1 unspecified atom stereocenters. The first-order valence-electron chi connectivity index (χ1n) is 6.44. The molecule has 1 amide bonds. The summed E-state index contributed by atoms with van der Waals surface area (Å²) in [5, 5.41) is 3.88. The Hall–Kier alpha value is -1.06. The molecule has 0 saturated carbocycles. The molecule has 1 saturated heterocycles. The Kier molecular flexibility index (Phi) is 4.25. The monoisotopic (exact) mass is 266 g/mol. The third-order valence-electron chi connectivity index (χ3n) is 3.28. The highest BCUT2D eigenvalue weighted by atomic mass is 35.5. The van der Waals surface area contributed by atoms with Crippen LogP contribution >= 0.6 is 11.6 Å². The van der Waals surface area contributed by atoms with E-state index in [-0.39, 0.29) is 11.9 Å². The first-order valence-corrected chi connectivity index (χ1v) is 6.82. The van der Waals surface area contributed by atoms with Crippen molar-refractivity contribution in [2.75, 3.05) is 18.0 Å². The van der Waals surface area contributed by atoms with E-state index in [9.17, 15) is 4.79 Å². The lowest BCUT2D eigenvalue weighted by molar-refractivity contribution is -0.121. The van der Waals surface area contributed by atoms with E-state index >= 15 is 0 Å². The van der Waals surface area contributed by atoms with Gasteiger partial charge in [-0.2, -0.15) is 0 Å². The summed E-state index contributed by atoms with van der Waals surface area (Å²) in [6.07, 6.45) is 1.92. The van der Waals surface area contributed by atoms with E-state index in [2.05, 4.69) is 5.32 Å². The van der Waals surface area contributed by atoms with Crippen molar-refractivity contribution >= 4 is 23.2 Å². The Morgan fingerprint density at radius 1 is 1.50 bits per heavy atom. The summed E-state index contributed by atoms with van der Waals surface area (Å²) < 4.78 is 0. The van der Waals surface area contributed by atoms with Gasteiger partial charge in [0.1, 0.15) is 0 Å². The minimum Gasteiger partial charge on any atom is -0.310 e. The van der Waals surface area contributed by atoms with Crippen LogP contribution in [-0.4, -0.2) is 25.0 Å². The zero-order chi connectivity index (χ0) is 13.1. The average molecular weight is 267 g/mol. The van der Waals surface area contributed by atoms with Gasteiger partial charge in [0.25, 0.3) is 0 Å². The van der Waals surface area contributed by atoms with E-state index in [1.54, 1.807) is 4.90 Å². The molecule has 0 bridgehead atoms. The van der Waals surface area contributed by atoms with Crippen molar-refractivity contribution in [1.29, 1.82) is 0 Å². The third-order valence-corrected chi connectivity index (χ3v) is 3.59. The molecule has 1 aliphatic heterocycles. The molecule has 1 N–H and O–H groups in total. The highest BCUT2D eigenvalue weighted by molar-refractivity contribution is 6.34. The van der Waals surface area contributed by atoms with Gasteiger partial charge in [0.15, 0.2) is 0 Å². The van der Waals surface area contributed by atoms with Crippen molar-refractivity contribution in [1.82, 2.24) is 5.32 Å². The lowest BCUT2D eigenvalue weighted by Crippen LogP contribution is -2.50. The minimum atomic E-state index is -0.0684. The number of aryl methyl sites for hydroxylation is 1. The molecular weight excluding hydrogens is 248 g/mol. The van der Waals surface area contributed by atoms with E-state index in [1.165, 1.54) is 0 Å². The Morgan fingerprint density at radius 2 is 2.28 bits per heavy atom. The largest absolute Gasteiger partial charge is 0.310 e. The van der Waals surface area contributed by atoms with Crippen molar-refractivity contribution in [2.45, 2.75) is 32.7 Å². The molecule has 4 heteroatoms. The fraction of sp³-hybridized carbons (Fsp3) is 0.500. The number of carbonyl (C=O) groups excluding carboxylic acids is 1. The van der Waals surface area contributed by atoms with Crippen molar-refractivity contribution in [3.05, 3.63) is 28.8 Å². The van der Waals surface area contributed by atoms with Crippen LogP contribution < -0.4 is 10.2 Å². The number of halogens is 1. The molecule has 0 aliphatic carbocycles. The van der Waals surface area contributed by atoms with Crippen molar-refractivity contribution < 1.29 is 4.79 Å². The maximum atomic E-state index is 12.4. The van der Waals surface area contributed by atoms with Crippen LogP contribution in [0.5, 0.6) is 0 Å². The second-order valence-corrected chi connectivity index (χ2v) is 5.10. The van der Waals surface area contributed by atoms with Crippen LogP contribution in [0.4, 0.5) is 5.69 Å². The number of nitrogens with one attached hydrogen (secondary N) is 1. The highest BCUT2D eigenvalue weighted by Gasteiger charge is 2.29. The number of amides is 1. The molecule has 98 valence electrons. The number of piperidine rings is 1. The van der Waals surface area contributed by atoms with Crippen LogP contribution in [0.15, 0.2) is 18.2 Å². The van der Waals surface area contributed by atoms with Gasteiger partial charge in [0.05, 0.1) is 16.8 Å². The van der Waals surface area contributed by atoms with Gasteiger partial charge >= 0.3 is 0 Å². The highest BCUT2D eigenvalue weighted by Crippen LogP contribution is 2.29. The molecule has 2 rings (SSSR count). The predicted molar refractivity (Wildman–Crippen MR) is 75.2 cm³/mol. The lowest BCUT2D eigenvalue weighted by Gasteiger charge is -2.33. The fourth-order valence-electron chi connectivity index (χ4n) is 2.38. The second-order valence-electron chi connectivity index (χ2n) is 4.70. The number of anilines is 1. The predicted octanol–water partition coefficient (Wildman–Crippen LogP) is 2.75. The van der Waals surface area contributed by atoms with Gasteiger partial charge in [-0.3, -0.25) is 4.79 Å². The molecule has 1 aromatic carbocycles. The number of benzene rings is 1. The molecule has 1 heterocycles. The molecule has 0 spiro atoms. The van der Waals surface area contributed by atoms with Crippen molar-refractivity contribution in [3.63, 3.8) is 0 Å². The number of hydrogen-bond donors (Lipinski definition) is 1. The van der Waals surface area contributed by atoms with Crippen LogP contribution in [0.1, 0.15) is 25.3 Å². The summed E-state index contributed by atoms with van der Waals surface area (Å²) in [6, 6.07) is 5.76. The molecule has 0 aromatic heterocycles. The Labute approximate surface area is 113 Å². The van der Waals surface area contributed by atoms with Crippen molar-refractivity contribution in [3.8, 4) is 0 Å². The van der Waals surface area contributed by atoms with Gasteiger partial charge < -0.3 is 10.2 Å². The van der Waals surface area contributed by atoms with Gasteiger partial charge in [-0.1, -0.05) is 24.6 Å². The third kappa shape index (κ3) is 2.68. The summed E-state index contributed by atoms with van der Waals surface area (Å²) in [7, 11) is 0. The van der Waals surface area contributed by atoms with Crippen LogP contribution in [0.2, 0.25) is 5.02 Å². The van der Waals surface area contributed by atoms with Crippen molar-refractivity contribution in [2.24, 2.45) is 0 Å². The van der Waals surface area contributed by atoms with E-state index in [0.29, 0.717) is 5.02 Å². The van der Waals surface area contributed by atoms with Crippen LogP contribution in [0.25, 0.3) is 0 Å². The number of carbonyl (C=O) groups is 1. The summed E-state index contributed by atoms with van der Waals surface area (Å²) in [5.74, 6) is 0.133. The van der Waals surface area contributed by atoms with Gasteiger partial charge in [-0.05, 0) is 44.0 Å². The van der Waals surface area contributed by atoms with Crippen LogP contribution in [0.3, 0.4) is 0 Å². The second kappa shape index (κ2) is 5.72. The molecule has 1 fully saturated rings. The van der Waals surface area contributed by atoms with Crippen LogP contribution in [-0.2, 0) is 4.79 Å². The van der Waals surface area contributed by atoms with Crippen LogP contribution in [0, 0.1) is 6.92 Å². The molecule has 18 heavy (non-hydrogen) atoms. The molecule has 1 aliphatic rings. The zero-order valence-corrected chi connectivity index (χ0v) is 11.6. The fourth-order valence-corrected chi connectivity index (χ4v) is 2.72. The maximum absolute atomic E-state index is 12.4. The first-order chi connectivity index (χ1) is 8.63. The summed E-state index contributed by atoms with van der Waals surface area (Å²) in [5.41, 5.74) is 1.94. The van der Waals surface area contributed by atoms with Gasteiger partial charge in [-0.15, -0.1) is 0 Å². The van der Waals surface area contributed by atoms with Gasteiger partial charge in [0.2, 0.25) is 5.91 Å².